The van der Waals surface area contributed by atoms with E-state index in [9.17, 15) is 0 Å². The molecule has 304 valence electrons. The fraction of sp³-hybridized carbons (Fsp3) is 0.288. The predicted molar refractivity (Wildman–Crippen MR) is 264 cm³/mol. The van der Waals surface area contributed by atoms with Gasteiger partial charge in [-0.05, 0) is 132 Å². The Morgan fingerprint density at radius 3 is 1.49 bits per heavy atom. The topological polar surface area (TPSA) is 3.24 Å². The largest absolute Gasteiger partial charge is 0.310 e. The van der Waals surface area contributed by atoms with Gasteiger partial charge in [0.2, 0.25) is 0 Å². The number of hydrogen-bond acceptors (Lipinski definition) is 2. The Labute approximate surface area is 367 Å². The molecule has 0 radical (unpaired) electrons. The molecule has 0 fully saturated rings. The molecule has 1 heterocycles. The Bertz CT molecular complexity index is 3080. The fourth-order valence-electron chi connectivity index (χ4n) is 11.4. The molecule has 0 bridgehead atoms. The first-order valence-electron chi connectivity index (χ1n) is 22.3. The Morgan fingerprint density at radius 2 is 0.934 bits per heavy atom. The molecule has 0 atom stereocenters. The molecule has 0 amide bonds. The molecule has 8 aromatic rings. The third-order valence-electron chi connectivity index (χ3n) is 14.9. The summed E-state index contributed by atoms with van der Waals surface area (Å²) in [6.45, 7) is 28.6. The third kappa shape index (κ3) is 5.30. The minimum absolute atomic E-state index is 0.0280. The van der Waals surface area contributed by atoms with Crippen LogP contribution >= 0.6 is 11.3 Å². The number of thiophene rings is 1. The van der Waals surface area contributed by atoms with Gasteiger partial charge in [-0.3, -0.25) is 0 Å². The second-order valence-corrected chi connectivity index (χ2v) is 22.9. The maximum atomic E-state index is 2.59. The van der Waals surface area contributed by atoms with E-state index in [1.54, 1.807) is 0 Å². The molecule has 2 heteroatoms. The Hall–Kier alpha value is -5.44. The molecule has 0 saturated carbocycles. The van der Waals surface area contributed by atoms with Crippen LogP contribution in [0.15, 0.2) is 127 Å². The average molecular weight is 812 g/mol. The summed E-state index contributed by atoms with van der Waals surface area (Å²) in [6.07, 6.45) is 0. The Morgan fingerprint density at radius 1 is 0.426 bits per heavy atom. The second-order valence-electron chi connectivity index (χ2n) is 21.9. The van der Waals surface area contributed by atoms with Crippen LogP contribution in [0.1, 0.15) is 128 Å². The molecule has 0 aliphatic heterocycles. The average Bonchev–Trinajstić information content (AvgIpc) is 3.85. The SMILES string of the molecule is CC(C)(C)c1cc(C(C)(C)C)c2sc3cc4c(cc3c2c1)C(C)(C)c1cccc(N(c2ccc3c(c2)C(C)(C)c2ccccc2-3)c2ccc3c(c2)C(C)(C)c2ccccc2-3)c1-4. The van der Waals surface area contributed by atoms with Crippen molar-refractivity contribution in [2.24, 2.45) is 0 Å². The maximum Gasteiger partial charge on any atom is 0.0543 e. The van der Waals surface area contributed by atoms with Crippen molar-refractivity contribution in [3.05, 3.63) is 172 Å². The summed E-state index contributed by atoms with van der Waals surface area (Å²) in [4.78, 5) is 2.59. The van der Waals surface area contributed by atoms with Gasteiger partial charge in [-0.25, -0.2) is 0 Å². The van der Waals surface area contributed by atoms with Gasteiger partial charge in [0, 0.05) is 53.4 Å². The van der Waals surface area contributed by atoms with Crippen molar-refractivity contribution < 1.29 is 0 Å². The van der Waals surface area contributed by atoms with Gasteiger partial charge in [0.15, 0.2) is 0 Å². The van der Waals surface area contributed by atoms with E-state index in [1.807, 2.05) is 11.3 Å². The van der Waals surface area contributed by atoms with Gasteiger partial charge in [-0.1, -0.05) is 162 Å². The van der Waals surface area contributed by atoms with Crippen LogP contribution in [-0.4, -0.2) is 0 Å². The number of fused-ring (bicyclic) bond motifs is 12. The molecular weight excluding hydrogens is 755 g/mol. The molecule has 1 nitrogen and oxygen atoms in total. The highest BCUT2D eigenvalue weighted by Gasteiger charge is 2.41. The van der Waals surface area contributed by atoms with Crippen LogP contribution < -0.4 is 4.90 Å². The van der Waals surface area contributed by atoms with E-state index in [-0.39, 0.29) is 27.1 Å². The zero-order chi connectivity index (χ0) is 42.8. The lowest BCUT2D eigenvalue weighted by Gasteiger charge is -2.31. The zero-order valence-corrected chi connectivity index (χ0v) is 38.8. The molecular formula is C59H57NS. The smallest absolute Gasteiger partial charge is 0.0543 e. The number of anilines is 3. The van der Waals surface area contributed by atoms with E-state index >= 15 is 0 Å². The normalized spacial score (nSPS) is 16.3. The predicted octanol–water partition coefficient (Wildman–Crippen LogP) is 17.0. The van der Waals surface area contributed by atoms with E-state index in [1.165, 1.54) is 115 Å². The van der Waals surface area contributed by atoms with Crippen molar-refractivity contribution in [2.45, 2.75) is 110 Å². The first kappa shape index (κ1) is 38.5. The molecule has 0 saturated heterocycles. The Balaban J connectivity index is 1.17. The number of nitrogens with zero attached hydrogens (tertiary/aromatic N) is 1. The summed E-state index contributed by atoms with van der Waals surface area (Å²) >= 11 is 1.98. The third-order valence-corrected chi connectivity index (χ3v) is 16.1. The molecule has 0 N–H and O–H groups in total. The van der Waals surface area contributed by atoms with Gasteiger partial charge in [0.1, 0.15) is 0 Å². The van der Waals surface area contributed by atoms with Gasteiger partial charge < -0.3 is 4.90 Å². The van der Waals surface area contributed by atoms with Crippen LogP contribution in [0.5, 0.6) is 0 Å². The van der Waals surface area contributed by atoms with E-state index in [4.69, 9.17) is 0 Å². The van der Waals surface area contributed by atoms with Crippen molar-refractivity contribution in [3.63, 3.8) is 0 Å². The van der Waals surface area contributed by atoms with Crippen molar-refractivity contribution in [1.82, 2.24) is 0 Å². The lowest BCUT2D eigenvalue weighted by Crippen LogP contribution is -2.18. The highest BCUT2D eigenvalue weighted by atomic mass is 32.1. The summed E-state index contributed by atoms with van der Waals surface area (Å²) < 4.78 is 2.79. The van der Waals surface area contributed by atoms with Crippen molar-refractivity contribution in [2.75, 3.05) is 4.90 Å². The molecule has 11 rings (SSSR count). The molecule has 61 heavy (non-hydrogen) atoms. The summed E-state index contributed by atoms with van der Waals surface area (Å²) in [5.74, 6) is 0. The number of benzene rings is 7. The van der Waals surface area contributed by atoms with E-state index in [0.717, 1.165) is 0 Å². The van der Waals surface area contributed by atoms with Crippen LogP contribution in [0.3, 0.4) is 0 Å². The highest BCUT2D eigenvalue weighted by Crippen LogP contribution is 2.59. The van der Waals surface area contributed by atoms with Crippen molar-refractivity contribution >= 4 is 48.6 Å². The standard InChI is InChI=1S/C59H57NS/c1-55(2,3)34-28-42-41-32-49-43(33-52(41)61-54(42)50(29-34)56(4,5)6)53-46(59(49,11)12)22-17-23-51(53)60(35-24-26-39-37-18-13-15-20-44(37)57(7,8)47(39)30-35)36-25-27-40-38-19-14-16-21-45(38)58(9,10)48(40)31-36/h13-33H,1-12H3. The molecule has 0 unspecified atom stereocenters. The molecule has 3 aliphatic carbocycles. The monoisotopic (exact) mass is 811 g/mol. The van der Waals surface area contributed by atoms with Crippen LogP contribution in [0.2, 0.25) is 0 Å². The fourth-order valence-corrected chi connectivity index (χ4v) is 12.8. The minimum Gasteiger partial charge on any atom is -0.310 e. The molecule has 0 spiro atoms. The summed E-state index contributed by atoms with van der Waals surface area (Å²) in [5, 5.41) is 2.78. The first-order chi connectivity index (χ1) is 28.8. The van der Waals surface area contributed by atoms with E-state index < -0.39 is 0 Å². The van der Waals surface area contributed by atoms with Crippen LogP contribution in [0.4, 0.5) is 17.1 Å². The van der Waals surface area contributed by atoms with Gasteiger partial charge in [0.25, 0.3) is 0 Å². The van der Waals surface area contributed by atoms with Crippen LogP contribution in [0.25, 0.3) is 53.6 Å². The van der Waals surface area contributed by atoms with Crippen molar-refractivity contribution in [1.29, 1.82) is 0 Å². The van der Waals surface area contributed by atoms with Crippen molar-refractivity contribution in [3.8, 4) is 33.4 Å². The maximum absolute atomic E-state index is 2.59. The van der Waals surface area contributed by atoms with E-state index in [0.29, 0.717) is 0 Å². The molecule has 3 aliphatic rings. The summed E-state index contributed by atoms with van der Waals surface area (Å²) in [6, 6.07) is 49.7. The van der Waals surface area contributed by atoms with Crippen LogP contribution in [0, 0.1) is 0 Å². The van der Waals surface area contributed by atoms with E-state index in [2.05, 4.69) is 215 Å². The summed E-state index contributed by atoms with van der Waals surface area (Å²) in [5.41, 5.74) is 22.6. The van der Waals surface area contributed by atoms with Crippen LogP contribution in [-0.2, 0) is 27.1 Å². The zero-order valence-electron chi connectivity index (χ0n) is 38.0. The Kier molecular flexibility index (Phi) is 7.79. The molecule has 7 aromatic carbocycles. The quantitative estimate of drug-likeness (QED) is 0.172. The summed E-state index contributed by atoms with van der Waals surface area (Å²) in [7, 11) is 0. The second kappa shape index (κ2) is 12.4. The minimum atomic E-state index is -0.188. The van der Waals surface area contributed by atoms with Gasteiger partial charge in [-0.15, -0.1) is 11.3 Å². The van der Waals surface area contributed by atoms with Gasteiger partial charge >= 0.3 is 0 Å². The van der Waals surface area contributed by atoms with Gasteiger partial charge in [-0.2, -0.15) is 0 Å². The first-order valence-corrected chi connectivity index (χ1v) is 23.1. The van der Waals surface area contributed by atoms with Gasteiger partial charge in [0.05, 0.1) is 5.69 Å². The lowest BCUT2D eigenvalue weighted by molar-refractivity contribution is 0.573. The number of rotatable bonds is 3. The highest BCUT2D eigenvalue weighted by molar-refractivity contribution is 7.26. The number of hydrogen-bond donors (Lipinski definition) is 0. The molecule has 1 aromatic heterocycles. The lowest BCUT2D eigenvalue weighted by atomic mass is 9.79.